The van der Waals surface area contributed by atoms with Gasteiger partial charge >= 0.3 is 0 Å². The molecule has 0 saturated heterocycles. The molecule has 0 unspecified atom stereocenters. The fraction of sp³-hybridized carbons (Fsp3) is 0.250. The van der Waals surface area contributed by atoms with Crippen molar-refractivity contribution in [2.24, 2.45) is 5.73 Å². The number of nitrogens with two attached hydrogens (primary N) is 1. The molecule has 3 N–H and O–H groups in total. The van der Waals surface area contributed by atoms with Gasteiger partial charge < -0.3 is 11.1 Å². The van der Waals surface area contributed by atoms with Crippen LogP contribution in [-0.2, 0) is 0 Å². The summed E-state index contributed by atoms with van der Waals surface area (Å²) >= 11 is 4.99. The van der Waals surface area contributed by atoms with Gasteiger partial charge in [-0.15, -0.1) is 0 Å². The van der Waals surface area contributed by atoms with Crippen LogP contribution in [-0.4, -0.2) is 19.8 Å². The number of anilines is 2. The zero-order chi connectivity index (χ0) is 13.1. The molecule has 0 aliphatic rings. The predicted molar refractivity (Wildman–Crippen MR) is 76.0 cm³/mol. The van der Waals surface area contributed by atoms with E-state index in [-0.39, 0.29) is 0 Å². The first kappa shape index (κ1) is 12.5. The molecule has 2 aromatic rings. The van der Waals surface area contributed by atoms with Gasteiger partial charge in [0.1, 0.15) is 10.8 Å². The van der Waals surface area contributed by atoms with Crippen molar-refractivity contribution in [2.45, 2.75) is 19.9 Å². The van der Waals surface area contributed by atoms with E-state index >= 15 is 0 Å². The van der Waals surface area contributed by atoms with Crippen molar-refractivity contribution < 1.29 is 0 Å². The molecule has 0 aliphatic carbocycles. The highest BCUT2D eigenvalue weighted by Gasteiger charge is 2.08. The van der Waals surface area contributed by atoms with Gasteiger partial charge in [0.05, 0.1) is 17.4 Å². The van der Waals surface area contributed by atoms with Crippen LogP contribution in [0.3, 0.4) is 0 Å². The van der Waals surface area contributed by atoms with Crippen LogP contribution in [0.2, 0.25) is 0 Å². The highest BCUT2D eigenvalue weighted by Crippen LogP contribution is 2.18. The number of hydrogen-bond donors (Lipinski definition) is 2. The first-order chi connectivity index (χ1) is 8.58. The second-order valence-electron chi connectivity index (χ2n) is 4.19. The van der Waals surface area contributed by atoms with Gasteiger partial charge in [0, 0.05) is 18.4 Å². The fourth-order valence-electron chi connectivity index (χ4n) is 1.53. The van der Waals surface area contributed by atoms with Crippen LogP contribution in [0, 0.1) is 0 Å². The van der Waals surface area contributed by atoms with E-state index in [0.717, 1.165) is 11.3 Å². The summed E-state index contributed by atoms with van der Waals surface area (Å²) in [5, 5.41) is 7.42. The number of aromatic nitrogens is 3. The summed E-state index contributed by atoms with van der Waals surface area (Å²) < 4.78 is 1.87. The molecule has 0 aliphatic heterocycles. The molecule has 2 rings (SSSR count). The second-order valence-corrected chi connectivity index (χ2v) is 4.63. The van der Waals surface area contributed by atoms with Crippen LogP contribution in [0.15, 0.2) is 30.7 Å². The SMILES string of the molecule is CC(C)n1cc(Nc2ncccc2C(N)=S)cn1. The van der Waals surface area contributed by atoms with Crippen LogP contribution in [0.1, 0.15) is 25.5 Å². The fourth-order valence-corrected chi connectivity index (χ4v) is 1.69. The molecule has 5 nitrogen and oxygen atoms in total. The maximum Gasteiger partial charge on any atom is 0.140 e. The molecular formula is C12H15N5S. The van der Waals surface area contributed by atoms with E-state index in [1.54, 1.807) is 18.5 Å². The van der Waals surface area contributed by atoms with Gasteiger partial charge in [-0.05, 0) is 26.0 Å². The maximum absolute atomic E-state index is 5.65. The summed E-state index contributed by atoms with van der Waals surface area (Å²) in [5.74, 6) is 0.647. The quantitative estimate of drug-likeness (QED) is 0.826. The highest BCUT2D eigenvalue weighted by molar-refractivity contribution is 7.80. The van der Waals surface area contributed by atoms with E-state index < -0.39 is 0 Å². The summed E-state index contributed by atoms with van der Waals surface area (Å²) in [6, 6.07) is 3.96. The Bertz CT molecular complexity index is 561. The van der Waals surface area contributed by atoms with Crippen molar-refractivity contribution in [3.8, 4) is 0 Å². The number of pyridine rings is 1. The lowest BCUT2D eigenvalue weighted by atomic mass is 10.2. The Hall–Kier alpha value is -1.95. The van der Waals surface area contributed by atoms with E-state index in [0.29, 0.717) is 16.8 Å². The molecule has 0 saturated carbocycles. The molecule has 2 heterocycles. The van der Waals surface area contributed by atoms with Gasteiger partial charge in [-0.1, -0.05) is 12.2 Å². The average molecular weight is 261 g/mol. The normalized spacial score (nSPS) is 10.6. The first-order valence-corrected chi connectivity index (χ1v) is 6.04. The summed E-state index contributed by atoms with van der Waals surface area (Å²) in [4.78, 5) is 4.55. The molecule has 0 aromatic carbocycles. The molecule has 0 spiro atoms. The standard InChI is InChI=1S/C12H15N5S/c1-8(2)17-7-9(6-15-17)16-12-10(11(13)18)4-3-5-14-12/h3-8H,1-2H3,(H2,13,18)(H,14,16). The summed E-state index contributed by atoms with van der Waals surface area (Å²) in [7, 11) is 0. The molecule has 18 heavy (non-hydrogen) atoms. The predicted octanol–water partition coefficient (Wildman–Crippen LogP) is 2.24. The lowest BCUT2D eigenvalue weighted by Crippen LogP contribution is -2.12. The molecule has 0 bridgehead atoms. The van der Waals surface area contributed by atoms with Crippen LogP contribution in [0.4, 0.5) is 11.5 Å². The summed E-state index contributed by atoms with van der Waals surface area (Å²) in [6.45, 7) is 4.13. The van der Waals surface area contributed by atoms with Gasteiger partial charge in [0.15, 0.2) is 0 Å². The third-order valence-electron chi connectivity index (χ3n) is 2.47. The molecule has 0 fully saturated rings. The molecule has 94 valence electrons. The molecular weight excluding hydrogens is 246 g/mol. The van der Waals surface area contributed by atoms with Crippen molar-refractivity contribution in [1.82, 2.24) is 14.8 Å². The number of nitrogens with one attached hydrogen (secondary N) is 1. The van der Waals surface area contributed by atoms with Crippen molar-refractivity contribution in [3.63, 3.8) is 0 Å². The van der Waals surface area contributed by atoms with Crippen molar-refractivity contribution in [3.05, 3.63) is 36.3 Å². The lowest BCUT2D eigenvalue weighted by molar-refractivity contribution is 0.532. The molecule has 0 radical (unpaired) electrons. The highest BCUT2D eigenvalue weighted by atomic mass is 32.1. The number of nitrogens with zero attached hydrogens (tertiary/aromatic N) is 3. The number of thiocarbonyl (C=S) groups is 1. The smallest absolute Gasteiger partial charge is 0.140 e. The monoisotopic (exact) mass is 261 g/mol. The Balaban J connectivity index is 2.25. The Morgan fingerprint density at radius 2 is 2.28 bits per heavy atom. The third kappa shape index (κ3) is 2.65. The van der Waals surface area contributed by atoms with Gasteiger partial charge in [0.2, 0.25) is 0 Å². The van der Waals surface area contributed by atoms with Crippen LogP contribution < -0.4 is 11.1 Å². The Morgan fingerprint density at radius 1 is 1.50 bits per heavy atom. The van der Waals surface area contributed by atoms with Crippen molar-refractivity contribution in [1.29, 1.82) is 0 Å². The van der Waals surface area contributed by atoms with E-state index in [1.165, 1.54) is 0 Å². The topological polar surface area (TPSA) is 68.8 Å². The minimum absolute atomic E-state index is 0.319. The van der Waals surface area contributed by atoms with E-state index in [9.17, 15) is 0 Å². The Morgan fingerprint density at radius 3 is 2.89 bits per heavy atom. The van der Waals surface area contributed by atoms with E-state index in [1.807, 2.05) is 16.9 Å². The summed E-state index contributed by atoms with van der Waals surface area (Å²) in [6.07, 6.45) is 5.36. The Kier molecular flexibility index (Phi) is 3.57. The third-order valence-corrected chi connectivity index (χ3v) is 2.69. The minimum Gasteiger partial charge on any atom is -0.389 e. The molecule has 6 heteroatoms. The zero-order valence-electron chi connectivity index (χ0n) is 10.3. The van der Waals surface area contributed by atoms with Crippen molar-refractivity contribution in [2.75, 3.05) is 5.32 Å². The first-order valence-electron chi connectivity index (χ1n) is 5.64. The minimum atomic E-state index is 0.319. The summed E-state index contributed by atoms with van der Waals surface area (Å²) in [5.41, 5.74) is 7.24. The average Bonchev–Trinajstić information content (AvgIpc) is 2.78. The van der Waals surface area contributed by atoms with Crippen molar-refractivity contribution >= 4 is 28.7 Å². The van der Waals surface area contributed by atoms with Gasteiger partial charge in [-0.3, -0.25) is 4.68 Å². The van der Waals surface area contributed by atoms with E-state index in [4.69, 9.17) is 18.0 Å². The van der Waals surface area contributed by atoms with Crippen LogP contribution in [0.5, 0.6) is 0 Å². The van der Waals surface area contributed by atoms with Gasteiger partial charge in [0.25, 0.3) is 0 Å². The zero-order valence-corrected chi connectivity index (χ0v) is 11.1. The maximum atomic E-state index is 5.65. The molecule has 0 atom stereocenters. The largest absolute Gasteiger partial charge is 0.389 e. The lowest BCUT2D eigenvalue weighted by Gasteiger charge is -2.08. The molecule has 2 aromatic heterocycles. The van der Waals surface area contributed by atoms with Gasteiger partial charge in [-0.25, -0.2) is 4.98 Å². The van der Waals surface area contributed by atoms with Crippen LogP contribution >= 0.6 is 12.2 Å². The van der Waals surface area contributed by atoms with Crippen LogP contribution in [0.25, 0.3) is 0 Å². The number of hydrogen-bond acceptors (Lipinski definition) is 4. The second kappa shape index (κ2) is 5.14. The Labute approximate surface area is 111 Å². The van der Waals surface area contributed by atoms with Gasteiger partial charge in [-0.2, -0.15) is 5.10 Å². The molecule has 0 amide bonds. The van der Waals surface area contributed by atoms with E-state index in [2.05, 4.69) is 29.2 Å². The number of rotatable bonds is 4.